The smallest absolute Gasteiger partial charge is 0.252 e. The van der Waals surface area contributed by atoms with E-state index < -0.39 is 36.4 Å². The number of aliphatic hydroxyl groups excluding tert-OH is 3. The van der Waals surface area contributed by atoms with E-state index in [1.807, 2.05) is 27.7 Å². The van der Waals surface area contributed by atoms with Crippen molar-refractivity contribution in [2.45, 2.75) is 71.5 Å². The molecule has 0 unspecified atom stereocenters. The average molecular weight is 374 g/mol. The number of hydrogen-bond acceptors (Lipinski definition) is 6. The van der Waals surface area contributed by atoms with Crippen LogP contribution in [-0.4, -0.2) is 71.2 Å². The third kappa shape index (κ3) is 8.75. The molecule has 5 N–H and O–H groups in total. The largest absolute Gasteiger partial charge is 0.387 e. The predicted octanol–water partition coefficient (Wildman–Crippen LogP) is -0.283. The van der Waals surface area contributed by atoms with Crippen molar-refractivity contribution in [2.75, 3.05) is 13.7 Å². The molecule has 0 aliphatic carbocycles. The van der Waals surface area contributed by atoms with Gasteiger partial charge in [-0.05, 0) is 18.8 Å². The number of amides is 2. The summed E-state index contributed by atoms with van der Waals surface area (Å²) in [5, 5.41) is 35.4. The van der Waals surface area contributed by atoms with Gasteiger partial charge in [0.25, 0.3) is 5.91 Å². The number of carbonyl (C=O) groups is 2. The standard InChI is InChI=1S/C18H34N2O6/c1-7-10-19-16(24)11(2)20-17(25)15(26-6)14(23)13(22)12(21)8-9-18(3,4)5/h8-9,11-15,21-23H,7,10H2,1-6H3,(H,19,24)(H,20,25)/b9-8+/t11-,12+,13-,14+,15+/m0/s1. The molecule has 0 bridgehead atoms. The van der Waals surface area contributed by atoms with E-state index in [-0.39, 0.29) is 11.3 Å². The second-order valence-electron chi connectivity index (χ2n) is 7.37. The molecular weight excluding hydrogens is 340 g/mol. The van der Waals surface area contributed by atoms with Gasteiger partial charge in [0.15, 0.2) is 6.10 Å². The zero-order valence-corrected chi connectivity index (χ0v) is 16.5. The van der Waals surface area contributed by atoms with Crippen LogP contribution in [0.15, 0.2) is 12.2 Å². The number of carbonyl (C=O) groups excluding carboxylic acids is 2. The number of ether oxygens (including phenoxy) is 1. The summed E-state index contributed by atoms with van der Waals surface area (Å²) in [6.07, 6.45) is -2.31. The molecule has 152 valence electrons. The topological polar surface area (TPSA) is 128 Å². The van der Waals surface area contributed by atoms with Gasteiger partial charge in [0.2, 0.25) is 5.91 Å². The van der Waals surface area contributed by atoms with Gasteiger partial charge in [0, 0.05) is 13.7 Å². The van der Waals surface area contributed by atoms with Gasteiger partial charge >= 0.3 is 0 Å². The molecule has 0 fully saturated rings. The van der Waals surface area contributed by atoms with E-state index in [4.69, 9.17) is 4.74 Å². The van der Waals surface area contributed by atoms with E-state index in [9.17, 15) is 24.9 Å². The number of rotatable bonds is 10. The van der Waals surface area contributed by atoms with Gasteiger partial charge < -0.3 is 30.7 Å². The van der Waals surface area contributed by atoms with Crippen molar-refractivity contribution in [3.8, 4) is 0 Å². The molecule has 0 rings (SSSR count). The molecule has 0 saturated carbocycles. The van der Waals surface area contributed by atoms with Crippen LogP contribution in [-0.2, 0) is 14.3 Å². The van der Waals surface area contributed by atoms with Gasteiger partial charge in [-0.15, -0.1) is 0 Å². The van der Waals surface area contributed by atoms with Gasteiger partial charge in [-0.25, -0.2) is 0 Å². The van der Waals surface area contributed by atoms with Gasteiger partial charge in [-0.1, -0.05) is 39.8 Å². The Kier molecular flexibility index (Phi) is 10.6. The molecule has 26 heavy (non-hydrogen) atoms. The SMILES string of the molecule is CCCNC(=O)[C@H](C)NC(=O)[C@H](OC)[C@H](O)[C@@H](O)[C@H](O)/C=C/C(C)(C)C. The summed E-state index contributed by atoms with van der Waals surface area (Å²) in [6, 6.07) is -0.832. The number of aliphatic hydroxyl groups is 3. The lowest BCUT2D eigenvalue weighted by Crippen LogP contribution is -2.55. The van der Waals surface area contributed by atoms with E-state index in [1.165, 1.54) is 20.1 Å². The Bertz CT molecular complexity index is 475. The first kappa shape index (κ1) is 24.5. The van der Waals surface area contributed by atoms with Gasteiger partial charge in [-0.2, -0.15) is 0 Å². The van der Waals surface area contributed by atoms with Crippen molar-refractivity contribution in [3.63, 3.8) is 0 Å². The molecular formula is C18H34N2O6. The van der Waals surface area contributed by atoms with Crippen LogP contribution in [0.5, 0.6) is 0 Å². The summed E-state index contributed by atoms with van der Waals surface area (Å²) in [5.41, 5.74) is -0.217. The molecule has 0 aromatic rings. The second kappa shape index (κ2) is 11.3. The third-order valence-electron chi connectivity index (χ3n) is 3.62. The van der Waals surface area contributed by atoms with Crippen LogP contribution in [0.2, 0.25) is 0 Å². The van der Waals surface area contributed by atoms with Gasteiger partial charge in [-0.3, -0.25) is 9.59 Å². The first-order valence-electron chi connectivity index (χ1n) is 8.79. The van der Waals surface area contributed by atoms with Crippen molar-refractivity contribution >= 4 is 11.8 Å². The molecule has 0 aliphatic rings. The van der Waals surface area contributed by atoms with Crippen LogP contribution < -0.4 is 10.6 Å². The minimum atomic E-state index is -1.68. The Hall–Kier alpha value is -1.48. The van der Waals surface area contributed by atoms with E-state index in [0.29, 0.717) is 6.54 Å². The summed E-state index contributed by atoms with van der Waals surface area (Å²) in [4.78, 5) is 24.1. The Labute approximate surface area is 155 Å². The molecule has 0 aromatic carbocycles. The highest BCUT2D eigenvalue weighted by molar-refractivity contribution is 5.89. The molecule has 5 atom stereocenters. The number of hydrogen-bond donors (Lipinski definition) is 5. The lowest BCUT2D eigenvalue weighted by Gasteiger charge is -2.28. The van der Waals surface area contributed by atoms with E-state index in [2.05, 4.69) is 10.6 Å². The maximum atomic E-state index is 12.3. The van der Waals surface area contributed by atoms with Crippen LogP contribution >= 0.6 is 0 Å². The molecule has 0 radical (unpaired) electrons. The van der Waals surface area contributed by atoms with Crippen LogP contribution in [0.3, 0.4) is 0 Å². The summed E-state index contributed by atoms with van der Waals surface area (Å²) in [7, 11) is 1.19. The summed E-state index contributed by atoms with van der Waals surface area (Å²) >= 11 is 0. The zero-order valence-electron chi connectivity index (χ0n) is 16.5. The molecule has 0 spiro atoms. The van der Waals surface area contributed by atoms with Crippen LogP contribution in [0, 0.1) is 5.41 Å². The van der Waals surface area contributed by atoms with Crippen LogP contribution in [0.4, 0.5) is 0 Å². The molecule has 0 saturated heterocycles. The summed E-state index contributed by atoms with van der Waals surface area (Å²) in [6.45, 7) is 9.63. The van der Waals surface area contributed by atoms with Crippen LogP contribution in [0.1, 0.15) is 41.0 Å². The summed E-state index contributed by atoms with van der Waals surface area (Å²) in [5.74, 6) is -1.12. The van der Waals surface area contributed by atoms with Gasteiger partial charge in [0.1, 0.15) is 24.4 Å². The normalized spacial score (nSPS) is 18.0. The van der Waals surface area contributed by atoms with Crippen molar-refractivity contribution in [2.24, 2.45) is 5.41 Å². The Morgan fingerprint density at radius 1 is 1.12 bits per heavy atom. The summed E-state index contributed by atoms with van der Waals surface area (Å²) < 4.78 is 4.96. The van der Waals surface area contributed by atoms with Crippen molar-refractivity contribution in [3.05, 3.63) is 12.2 Å². The Morgan fingerprint density at radius 3 is 2.15 bits per heavy atom. The highest BCUT2D eigenvalue weighted by Crippen LogP contribution is 2.17. The molecule has 8 nitrogen and oxygen atoms in total. The quantitative estimate of drug-likeness (QED) is 0.335. The highest BCUT2D eigenvalue weighted by Gasteiger charge is 2.36. The Morgan fingerprint density at radius 2 is 1.69 bits per heavy atom. The number of nitrogens with one attached hydrogen (secondary N) is 2. The fourth-order valence-electron chi connectivity index (χ4n) is 2.05. The predicted molar refractivity (Wildman–Crippen MR) is 98.3 cm³/mol. The molecule has 0 heterocycles. The highest BCUT2D eigenvalue weighted by atomic mass is 16.5. The zero-order chi connectivity index (χ0) is 20.5. The lowest BCUT2D eigenvalue weighted by molar-refractivity contribution is -0.150. The fourth-order valence-corrected chi connectivity index (χ4v) is 2.05. The maximum absolute atomic E-state index is 12.3. The molecule has 8 heteroatoms. The van der Waals surface area contributed by atoms with E-state index >= 15 is 0 Å². The fraction of sp³-hybridized carbons (Fsp3) is 0.778. The van der Waals surface area contributed by atoms with E-state index in [0.717, 1.165) is 6.42 Å². The average Bonchev–Trinajstić information content (AvgIpc) is 2.56. The van der Waals surface area contributed by atoms with Gasteiger partial charge in [0.05, 0.1) is 0 Å². The Balaban J connectivity index is 4.89. The van der Waals surface area contributed by atoms with E-state index in [1.54, 1.807) is 6.08 Å². The molecule has 0 aromatic heterocycles. The monoisotopic (exact) mass is 374 g/mol. The molecule has 0 aliphatic heterocycles. The number of allylic oxidation sites excluding steroid dienone is 1. The number of methoxy groups -OCH3 is 1. The third-order valence-corrected chi connectivity index (χ3v) is 3.62. The van der Waals surface area contributed by atoms with Crippen molar-refractivity contribution < 1.29 is 29.6 Å². The minimum absolute atomic E-state index is 0.217. The second-order valence-corrected chi connectivity index (χ2v) is 7.37. The minimum Gasteiger partial charge on any atom is -0.387 e. The maximum Gasteiger partial charge on any atom is 0.252 e. The lowest BCUT2D eigenvalue weighted by atomic mass is 9.94. The first-order chi connectivity index (χ1) is 11.9. The molecule has 2 amide bonds. The van der Waals surface area contributed by atoms with Crippen molar-refractivity contribution in [1.29, 1.82) is 0 Å². The first-order valence-corrected chi connectivity index (χ1v) is 8.79. The van der Waals surface area contributed by atoms with Crippen LogP contribution in [0.25, 0.3) is 0 Å². The van der Waals surface area contributed by atoms with Crippen molar-refractivity contribution in [1.82, 2.24) is 10.6 Å².